The average molecular weight is 264 g/mol. The lowest BCUT2D eigenvalue weighted by Gasteiger charge is -2.28. The van der Waals surface area contributed by atoms with E-state index in [1.165, 1.54) is 0 Å². The quantitative estimate of drug-likeness (QED) is 0.831. The summed E-state index contributed by atoms with van der Waals surface area (Å²) in [6.45, 7) is 2.44. The molecule has 6 heteroatoms. The zero-order valence-corrected chi connectivity index (χ0v) is 11.1. The van der Waals surface area contributed by atoms with Crippen molar-refractivity contribution >= 4 is 17.4 Å². The van der Waals surface area contributed by atoms with Crippen LogP contribution in [0.2, 0.25) is 0 Å². The van der Waals surface area contributed by atoms with Crippen molar-refractivity contribution in [3.8, 4) is 0 Å². The zero-order chi connectivity index (χ0) is 13.8. The largest absolute Gasteiger partial charge is 0.397 e. The molecule has 1 saturated heterocycles. The van der Waals surface area contributed by atoms with Crippen LogP contribution in [0.5, 0.6) is 0 Å². The van der Waals surface area contributed by atoms with Crippen LogP contribution in [-0.2, 0) is 4.74 Å². The van der Waals surface area contributed by atoms with E-state index in [0.29, 0.717) is 23.0 Å². The summed E-state index contributed by atoms with van der Waals surface area (Å²) in [5.74, 6) is 0.639. The normalized spacial score (nSPS) is 16.3. The van der Waals surface area contributed by atoms with E-state index >= 15 is 0 Å². The lowest BCUT2D eigenvalue weighted by atomic mass is 10.00. The van der Waals surface area contributed by atoms with Crippen molar-refractivity contribution in [2.45, 2.75) is 12.8 Å². The van der Waals surface area contributed by atoms with Gasteiger partial charge in [0.2, 0.25) is 0 Å². The van der Waals surface area contributed by atoms with Crippen LogP contribution >= 0.6 is 0 Å². The molecule has 0 radical (unpaired) electrons. The highest BCUT2D eigenvalue weighted by atomic mass is 16.5. The Kier molecular flexibility index (Phi) is 4.21. The summed E-state index contributed by atoms with van der Waals surface area (Å²) < 4.78 is 5.34. The summed E-state index contributed by atoms with van der Waals surface area (Å²) in [4.78, 5) is 17.7. The highest BCUT2D eigenvalue weighted by molar-refractivity contribution is 5.98. The lowest BCUT2D eigenvalue weighted by molar-refractivity contribution is 0.0684. The van der Waals surface area contributed by atoms with Crippen LogP contribution in [0.15, 0.2) is 12.3 Å². The van der Waals surface area contributed by atoms with E-state index in [-0.39, 0.29) is 0 Å². The Morgan fingerprint density at radius 3 is 2.84 bits per heavy atom. The molecule has 104 valence electrons. The number of amides is 1. The molecule has 1 amide bonds. The summed E-state index contributed by atoms with van der Waals surface area (Å²) >= 11 is 0. The van der Waals surface area contributed by atoms with E-state index in [1.54, 1.807) is 12.3 Å². The third kappa shape index (κ3) is 3.35. The van der Waals surface area contributed by atoms with Gasteiger partial charge in [-0.15, -0.1) is 0 Å². The minimum Gasteiger partial charge on any atom is -0.397 e. The van der Waals surface area contributed by atoms with Gasteiger partial charge in [0.25, 0.3) is 5.91 Å². The van der Waals surface area contributed by atoms with Crippen molar-refractivity contribution in [1.29, 1.82) is 0 Å². The van der Waals surface area contributed by atoms with E-state index in [9.17, 15) is 4.79 Å². The minimum absolute atomic E-state index is 0.370. The van der Waals surface area contributed by atoms with Crippen molar-refractivity contribution in [2.75, 3.05) is 37.4 Å². The number of pyridine rings is 1. The molecule has 0 spiro atoms. The van der Waals surface area contributed by atoms with Crippen LogP contribution in [0.4, 0.5) is 11.5 Å². The van der Waals surface area contributed by atoms with Gasteiger partial charge in [0.05, 0.1) is 17.4 Å². The van der Waals surface area contributed by atoms with Gasteiger partial charge < -0.3 is 21.1 Å². The summed E-state index contributed by atoms with van der Waals surface area (Å²) in [5.41, 5.74) is 11.8. The first-order valence-corrected chi connectivity index (χ1v) is 6.42. The molecule has 2 heterocycles. The van der Waals surface area contributed by atoms with Crippen LogP contribution in [-0.4, -0.2) is 37.7 Å². The average Bonchev–Trinajstić information content (AvgIpc) is 2.39. The Balaban J connectivity index is 2.13. The molecule has 1 aliphatic rings. The molecule has 1 aromatic rings. The van der Waals surface area contributed by atoms with E-state index < -0.39 is 5.91 Å². The number of nitrogens with zero attached hydrogens (tertiary/aromatic N) is 2. The third-order valence-electron chi connectivity index (χ3n) is 3.39. The second-order valence-electron chi connectivity index (χ2n) is 4.94. The smallest absolute Gasteiger partial charge is 0.252 e. The Morgan fingerprint density at radius 1 is 1.53 bits per heavy atom. The number of carbonyl (C=O) groups is 1. The number of anilines is 2. The van der Waals surface area contributed by atoms with E-state index in [1.807, 2.05) is 11.9 Å². The van der Waals surface area contributed by atoms with Crippen LogP contribution in [0, 0.1) is 5.92 Å². The molecule has 1 fully saturated rings. The number of hydrogen-bond donors (Lipinski definition) is 2. The predicted molar refractivity (Wildman–Crippen MR) is 74.0 cm³/mol. The van der Waals surface area contributed by atoms with E-state index in [0.717, 1.165) is 32.6 Å². The summed E-state index contributed by atoms with van der Waals surface area (Å²) in [5, 5.41) is 0. The zero-order valence-electron chi connectivity index (χ0n) is 11.1. The maximum absolute atomic E-state index is 11.5. The van der Waals surface area contributed by atoms with Gasteiger partial charge in [0.1, 0.15) is 5.82 Å². The summed E-state index contributed by atoms with van der Waals surface area (Å²) in [6, 6.07) is 1.57. The van der Waals surface area contributed by atoms with Crippen molar-refractivity contribution in [2.24, 2.45) is 11.7 Å². The molecule has 0 bridgehead atoms. The molecule has 1 aromatic heterocycles. The molecule has 1 aliphatic heterocycles. The number of nitrogen functional groups attached to an aromatic ring is 1. The van der Waals surface area contributed by atoms with Crippen LogP contribution in [0.25, 0.3) is 0 Å². The van der Waals surface area contributed by atoms with Gasteiger partial charge in [-0.1, -0.05) is 0 Å². The standard InChI is InChI=1S/C13H20N4O2/c1-17(8-9-2-4-19-5-3-9)13-11(12(15)18)6-10(14)7-16-13/h6-7,9H,2-5,8,14H2,1H3,(H2,15,18). The highest BCUT2D eigenvalue weighted by Gasteiger charge is 2.19. The van der Waals surface area contributed by atoms with Gasteiger partial charge in [-0.05, 0) is 24.8 Å². The van der Waals surface area contributed by atoms with Crippen molar-refractivity contribution in [3.05, 3.63) is 17.8 Å². The number of rotatable bonds is 4. The first-order valence-electron chi connectivity index (χ1n) is 6.42. The molecule has 0 aromatic carbocycles. The summed E-state index contributed by atoms with van der Waals surface area (Å²) in [6.07, 6.45) is 3.61. The van der Waals surface area contributed by atoms with Gasteiger partial charge >= 0.3 is 0 Å². The number of nitrogens with two attached hydrogens (primary N) is 2. The Labute approximate surface area is 112 Å². The van der Waals surface area contributed by atoms with Gasteiger partial charge in [0.15, 0.2) is 0 Å². The number of aromatic nitrogens is 1. The Morgan fingerprint density at radius 2 is 2.21 bits per heavy atom. The van der Waals surface area contributed by atoms with Crippen molar-refractivity contribution in [3.63, 3.8) is 0 Å². The molecule has 0 saturated carbocycles. The van der Waals surface area contributed by atoms with Crippen molar-refractivity contribution in [1.82, 2.24) is 4.98 Å². The molecule has 4 N–H and O–H groups in total. The fourth-order valence-electron chi connectivity index (χ4n) is 2.36. The number of ether oxygens (including phenoxy) is 1. The maximum atomic E-state index is 11.5. The SMILES string of the molecule is CN(CC1CCOCC1)c1ncc(N)cc1C(N)=O. The molecular formula is C13H20N4O2. The van der Waals surface area contributed by atoms with Gasteiger partial charge in [-0.2, -0.15) is 0 Å². The third-order valence-corrected chi connectivity index (χ3v) is 3.39. The molecule has 6 nitrogen and oxygen atoms in total. The second kappa shape index (κ2) is 5.88. The molecule has 2 rings (SSSR count). The van der Waals surface area contributed by atoms with Gasteiger partial charge in [0, 0.05) is 26.8 Å². The number of primary amides is 1. The molecular weight excluding hydrogens is 244 g/mol. The van der Waals surface area contributed by atoms with E-state index in [4.69, 9.17) is 16.2 Å². The maximum Gasteiger partial charge on any atom is 0.252 e. The Bertz CT molecular complexity index is 458. The number of hydrogen-bond acceptors (Lipinski definition) is 5. The monoisotopic (exact) mass is 264 g/mol. The minimum atomic E-state index is -0.506. The fraction of sp³-hybridized carbons (Fsp3) is 0.538. The predicted octanol–water partition coefficient (Wildman–Crippen LogP) is 0.626. The van der Waals surface area contributed by atoms with Gasteiger partial charge in [-0.25, -0.2) is 4.98 Å². The molecule has 0 unspecified atom stereocenters. The topological polar surface area (TPSA) is 94.5 Å². The first kappa shape index (κ1) is 13.6. The second-order valence-corrected chi connectivity index (χ2v) is 4.94. The van der Waals surface area contributed by atoms with E-state index in [2.05, 4.69) is 4.98 Å². The highest BCUT2D eigenvalue weighted by Crippen LogP contribution is 2.22. The first-order chi connectivity index (χ1) is 9.08. The summed E-state index contributed by atoms with van der Waals surface area (Å²) in [7, 11) is 1.92. The fourth-order valence-corrected chi connectivity index (χ4v) is 2.36. The number of carbonyl (C=O) groups excluding carboxylic acids is 1. The van der Waals surface area contributed by atoms with Gasteiger partial charge in [-0.3, -0.25) is 4.79 Å². The van der Waals surface area contributed by atoms with Crippen molar-refractivity contribution < 1.29 is 9.53 Å². The molecule has 19 heavy (non-hydrogen) atoms. The van der Waals surface area contributed by atoms with Crippen LogP contribution < -0.4 is 16.4 Å². The van der Waals surface area contributed by atoms with Crippen LogP contribution in [0.1, 0.15) is 23.2 Å². The lowest BCUT2D eigenvalue weighted by Crippen LogP contribution is -2.31. The molecule has 0 atom stereocenters. The molecule has 0 aliphatic carbocycles. The van der Waals surface area contributed by atoms with Crippen LogP contribution in [0.3, 0.4) is 0 Å². The Hall–Kier alpha value is -1.82.